The molecule has 7 nitrogen and oxygen atoms in total. The number of pyridine rings is 2. The van der Waals surface area contributed by atoms with Gasteiger partial charge in [0.05, 0.1) is 19.2 Å². The van der Waals surface area contributed by atoms with E-state index in [4.69, 9.17) is 4.74 Å². The van der Waals surface area contributed by atoms with Crippen molar-refractivity contribution >= 4 is 11.7 Å². The first-order chi connectivity index (χ1) is 11.3. The predicted molar refractivity (Wildman–Crippen MR) is 82.1 cm³/mol. The van der Waals surface area contributed by atoms with E-state index in [1.54, 1.807) is 24.5 Å². The van der Waals surface area contributed by atoms with Crippen molar-refractivity contribution in [3.05, 3.63) is 48.4 Å². The molecule has 23 heavy (non-hydrogen) atoms. The molecule has 1 aliphatic rings. The first-order valence-electron chi connectivity index (χ1n) is 7.29. The van der Waals surface area contributed by atoms with Crippen LogP contribution in [-0.4, -0.2) is 42.2 Å². The number of anilines is 1. The van der Waals surface area contributed by atoms with Gasteiger partial charge in [-0.15, -0.1) is 0 Å². The van der Waals surface area contributed by atoms with Crippen molar-refractivity contribution in [2.75, 3.05) is 25.1 Å². The first-order valence-corrected chi connectivity index (χ1v) is 7.29. The number of rotatable bonds is 5. The van der Waals surface area contributed by atoms with Crippen molar-refractivity contribution in [3.63, 3.8) is 0 Å². The molecule has 1 atom stereocenters. The van der Waals surface area contributed by atoms with Crippen molar-refractivity contribution in [1.82, 2.24) is 9.97 Å². The van der Waals surface area contributed by atoms with Gasteiger partial charge in [-0.3, -0.25) is 9.87 Å². The van der Waals surface area contributed by atoms with Gasteiger partial charge in [0.15, 0.2) is 0 Å². The van der Waals surface area contributed by atoms with Gasteiger partial charge < -0.3 is 9.64 Å². The van der Waals surface area contributed by atoms with Gasteiger partial charge in [-0.2, -0.15) is 4.89 Å². The smallest absolute Gasteiger partial charge is 0.374 e. The quantitative estimate of drug-likeness (QED) is 0.616. The van der Waals surface area contributed by atoms with Crippen LogP contribution in [0.5, 0.6) is 5.88 Å². The fourth-order valence-electron chi connectivity index (χ4n) is 2.48. The van der Waals surface area contributed by atoms with Crippen molar-refractivity contribution < 1.29 is 19.3 Å². The van der Waals surface area contributed by atoms with Gasteiger partial charge in [-0.25, -0.2) is 9.78 Å². The highest BCUT2D eigenvalue weighted by Crippen LogP contribution is 2.22. The van der Waals surface area contributed by atoms with Gasteiger partial charge in [-0.1, -0.05) is 0 Å². The van der Waals surface area contributed by atoms with Crippen molar-refractivity contribution in [2.45, 2.75) is 12.5 Å². The molecule has 2 aromatic rings. The summed E-state index contributed by atoms with van der Waals surface area (Å²) in [6, 6.07) is 7.22. The third-order valence-corrected chi connectivity index (χ3v) is 3.59. The average Bonchev–Trinajstić information content (AvgIpc) is 3.05. The van der Waals surface area contributed by atoms with Gasteiger partial charge in [0.25, 0.3) is 0 Å². The maximum atomic E-state index is 11.5. The van der Waals surface area contributed by atoms with Gasteiger partial charge in [-0.05, 0) is 18.2 Å². The number of carbonyl (C=O) groups excluding carboxylic acids is 1. The fraction of sp³-hybridized carbons (Fsp3) is 0.312. The van der Waals surface area contributed by atoms with Crippen LogP contribution < -0.4 is 9.64 Å². The maximum absolute atomic E-state index is 11.5. The summed E-state index contributed by atoms with van der Waals surface area (Å²) in [4.78, 5) is 30.6. The van der Waals surface area contributed by atoms with E-state index >= 15 is 0 Å². The number of hydrogen-bond donors (Lipinski definition) is 0. The molecule has 3 rings (SSSR count). The van der Waals surface area contributed by atoms with E-state index < -0.39 is 5.97 Å². The first kappa shape index (κ1) is 15.2. The summed E-state index contributed by atoms with van der Waals surface area (Å²) in [5.74, 6) is -0.100. The van der Waals surface area contributed by atoms with Gasteiger partial charge in [0.1, 0.15) is 6.10 Å². The minimum atomic E-state index is -0.587. The lowest BCUT2D eigenvalue weighted by Gasteiger charge is -2.18. The zero-order valence-corrected chi connectivity index (χ0v) is 12.7. The Hall–Kier alpha value is -2.67. The standard InChI is InChI=1S/C16H17N3O4/c1-21-23-16(20)12-2-3-15(18-10-12)22-14-6-9-19(11-14)13-4-7-17-8-5-13/h2-5,7-8,10,14H,6,9,11H2,1H3. The number of aromatic nitrogens is 2. The Morgan fingerprint density at radius 1 is 1.26 bits per heavy atom. The van der Waals surface area contributed by atoms with Crippen LogP contribution in [0.1, 0.15) is 16.8 Å². The molecule has 2 aromatic heterocycles. The lowest BCUT2D eigenvalue weighted by Crippen LogP contribution is -2.24. The minimum absolute atomic E-state index is 0.0624. The third-order valence-electron chi connectivity index (χ3n) is 3.59. The Bertz CT molecular complexity index is 648. The van der Waals surface area contributed by atoms with Gasteiger partial charge >= 0.3 is 5.97 Å². The molecule has 0 N–H and O–H groups in total. The Morgan fingerprint density at radius 3 is 2.78 bits per heavy atom. The van der Waals surface area contributed by atoms with Crippen LogP contribution in [-0.2, 0) is 9.78 Å². The molecule has 120 valence electrons. The van der Waals surface area contributed by atoms with E-state index in [2.05, 4.69) is 24.6 Å². The molecule has 0 aromatic carbocycles. The largest absolute Gasteiger partial charge is 0.472 e. The molecule has 0 saturated carbocycles. The normalized spacial score (nSPS) is 17.1. The lowest BCUT2D eigenvalue weighted by molar-refractivity contribution is -0.216. The molecule has 7 heteroatoms. The number of ether oxygens (including phenoxy) is 1. The Kier molecular flexibility index (Phi) is 4.68. The summed E-state index contributed by atoms with van der Waals surface area (Å²) in [7, 11) is 1.28. The van der Waals surface area contributed by atoms with E-state index in [9.17, 15) is 4.79 Å². The van der Waals surface area contributed by atoms with Crippen LogP contribution in [0.3, 0.4) is 0 Å². The molecule has 0 bridgehead atoms. The monoisotopic (exact) mass is 315 g/mol. The SMILES string of the molecule is COOC(=O)c1ccc(OC2CCN(c3ccncc3)C2)nc1. The molecule has 1 fully saturated rings. The highest BCUT2D eigenvalue weighted by Gasteiger charge is 2.24. The summed E-state index contributed by atoms with van der Waals surface area (Å²) in [6.07, 6.45) is 5.95. The number of carbonyl (C=O) groups is 1. The summed E-state index contributed by atoms with van der Waals surface area (Å²) in [5.41, 5.74) is 1.45. The Balaban J connectivity index is 1.57. The molecule has 1 saturated heterocycles. The van der Waals surface area contributed by atoms with E-state index in [1.165, 1.54) is 13.3 Å². The molecule has 0 spiro atoms. The third kappa shape index (κ3) is 3.75. The van der Waals surface area contributed by atoms with E-state index in [-0.39, 0.29) is 6.10 Å². The highest BCUT2D eigenvalue weighted by atomic mass is 17.2. The van der Waals surface area contributed by atoms with Crippen molar-refractivity contribution in [1.29, 1.82) is 0 Å². The van der Waals surface area contributed by atoms with E-state index in [0.29, 0.717) is 11.4 Å². The van der Waals surface area contributed by atoms with Crippen LogP contribution in [0.15, 0.2) is 42.9 Å². The lowest BCUT2D eigenvalue weighted by atomic mass is 10.3. The predicted octanol–water partition coefficient (Wildman–Crippen LogP) is 1.85. The molecular formula is C16H17N3O4. The molecule has 0 aliphatic carbocycles. The molecule has 1 unspecified atom stereocenters. The van der Waals surface area contributed by atoms with Crippen LogP contribution in [0.4, 0.5) is 5.69 Å². The van der Waals surface area contributed by atoms with Crippen molar-refractivity contribution in [2.24, 2.45) is 0 Å². The summed E-state index contributed by atoms with van der Waals surface area (Å²) in [5, 5.41) is 0. The van der Waals surface area contributed by atoms with Gasteiger partial charge in [0, 0.05) is 43.3 Å². The average molecular weight is 315 g/mol. The Labute approximate surface area is 133 Å². The zero-order chi connectivity index (χ0) is 16.1. The number of nitrogens with zero attached hydrogens (tertiary/aromatic N) is 3. The van der Waals surface area contributed by atoms with Crippen molar-refractivity contribution in [3.8, 4) is 5.88 Å². The molecule has 0 amide bonds. The second-order valence-electron chi connectivity index (χ2n) is 5.10. The highest BCUT2D eigenvalue weighted by molar-refractivity contribution is 5.88. The zero-order valence-electron chi connectivity index (χ0n) is 12.7. The maximum Gasteiger partial charge on any atom is 0.374 e. The van der Waals surface area contributed by atoms with E-state index in [0.717, 1.165) is 25.2 Å². The van der Waals surface area contributed by atoms with Crippen LogP contribution in [0, 0.1) is 0 Å². The van der Waals surface area contributed by atoms with Gasteiger partial charge in [0.2, 0.25) is 5.88 Å². The van der Waals surface area contributed by atoms with E-state index in [1.807, 2.05) is 12.1 Å². The second kappa shape index (κ2) is 7.06. The Morgan fingerprint density at radius 2 is 2.09 bits per heavy atom. The van der Waals surface area contributed by atoms with Crippen LogP contribution in [0.25, 0.3) is 0 Å². The molecule has 1 aliphatic heterocycles. The summed E-state index contributed by atoms with van der Waals surface area (Å²) in [6.45, 7) is 1.71. The molecular weight excluding hydrogens is 298 g/mol. The van der Waals surface area contributed by atoms with Crippen LogP contribution in [0.2, 0.25) is 0 Å². The second-order valence-corrected chi connectivity index (χ2v) is 5.10. The van der Waals surface area contributed by atoms with Crippen LogP contribution >= 0.6 is 0 Å². The topological polar surface area (TPSA) is 73.8 Å². The molecule has 3 heterocycles. The summed E-state index contributed by atoms with van der Waals surface area (Å²) < 4.78 is 5.87. The minimum Gasteiger partial charge on any atom is -0.472 e. The molecule has 0 radical (unpaired) electrons. The number of hydrogen-bond acceptors (Lipinski definition) is 7. The fourth-order valence-corrected chi connectivity index (χ4v) is 2.48. The summed E-state index contributed by atoms with van der Waals surface area (Å²) >= 11 is 0.